The van der Waals surface area contributed by atoms with Crippen molar-refractivity contribution < 1.29 is 4.74 Å². The van der Waals surface area contributed by atoms with Gasteiger partial charge in [0.1, 0.15) is 11.4 Å². The summed E-state index contributed by atoms with van der Waals surface area (Å²) in [6.07, 6.45) is 2.45. The third-order valence-electron chi connectivity index (χ3n) is 5.50. The maximum atomic E-state index is 6.31. The summed E-state index contributed by atoms with van der Waals surface area (Å²) < 4.78 is 7.34. The van der Waals surface area contributed by atoms with Crippen molar-refractivity contribution >= 4 is 38.7 Å². The van der Waals surface area contributed by atoms with Crippen molar-refractivity contribution in [2.45, 2.75) is 18.4 Å². The lowest BCUT2D eigenvalue weighted by Gasteiger charge is -2.50. The van der Waals surface area contributed by atoms with Crippen molar-refractivity contribution in [1.82, 2.24) is 9.88 Å². The van der Waals surface area contributed by atoms with E-state index in [1.54, 1.807) is 0 Å². The van der Waals surface area contributed by atoms with Crippen molar-refractivity contribution in [3.05, 3.63) is 34.8 Å². The van der Waals surface area contributed by atoms with Crippen LogP contribution >= 0.6 is 15.9 Å². The molecular formula is C18H19BrN4O. The molecule has 4 aliphatic rings. The smallest absolute Gasteiger partial charge is 0.291 e. The molecule has 3 saturated heterocycles. The number of aromatic nitrogens is 1. The van der Waals surface area contributed by atoms with E-state index in [0.29, 0.717) is 11.9 Å². The summed E-state index contributed by atoms with van der Waals surface area (Å²) in [5.74, 6) is 1.41. The van der Waals surface area contributed by atoms with Gasteiger partial charge in [-0.15, -0.1) is 0 Å². The molecule has 1 N–H and O–H groups in total. The summed E-state index contributed by atoms with van der Waals surface area (Å²) in [6.45, 7) is 4.18. The zero-order chi connectivity index (χ0) is 16.1. The Labute approximate surface area is 149 Å². The van der Waals surface area contributed by atoms with E-state index in [1.807, 2.05) is 18.2 Å². The first kappa shape index (κ1) is 14.7. The number of fused-ring (bicyclic) bond motifs is 3. The Balaban J connectivity index is 1.35. The number of pyridine rings is 1. The lowest BCUT2D eigenvalue weighted by molar-refractivity contribution is -0.0829. The fraction of sp³-hybridized carbons (Fsp3) is 0.444. The molecule has 1 aromatic carbocycles. The fourth-order valence-corrected chi connectivity index (χ4v) is 4.57. The zero-order valence-electron chi connectivity index (χ0n) is 13.3. The van der Waals surface area contributed by atoms with Gasteiger partial charge in [-0.25, -0.2) is 9.98 Å². The second kappa shape index (κ2) is 5.43. The molecule has 0 amide bonds. The molecule has 24 heavy (non-hydrogen) atoms. The summed E-state index contributed by atoms with van der Waals surface area (Å²) in [6, 6.07) is 10.8. The molecule has 0 saturated carbocycles. The first-order chi connectivity index (χ1) is 11.7. The molecule has 3 fully saturated rings. The largest absolute Gasteiger partial charge is 0.455 e. The third kappa shape index (κ3) is 2.40. The van der Waals surface area contributed by atoms with Crippen LogP contribution in [-0.2, 0) is 4.74 Å². The van der Waals surface area contributed by atoms with Crippen molar-refractivity contribution in [1.29, 1.82) is 0 Å². The molecule has 5 nitrogen and oxygen atoms in total. The number of benzene rings is 1. The molecule has 0 aliphatic carbocycles. The molecule has 2 bridgehead atoms. The lowest BCUT2D eigenvalue weighted by atomic mass is 9.75. The van der Waals surface area contributed by atoms with E-state index in [0.717, 1.165) is 34.3 Å². The van der Waals surface area contributed by atoms with Crippen LogP contribution in [0.4, 0.5) is 5.82 Å². The Morgan fingerprint density at radius 2 is 2.04 bits per heavy atom. The molecule has 124 valence electrons. The average Bonchev–Trinajstić information content (AvgIpc) is 2.97. The number of amidine groups is 1. The number of nitrogens with one attached hydrogen (secondary N) is 1. The number of anilines is 1. The molecule has 0 unspecified atom stereocenters. The maximum absolute atomic E-state index is 6.31. The van der Waals surface area contributed by atoms with Crippen LogP contribution in [0.25, 0.3) is 10.9 Å². The quantitative estimate of drug-likeness (QED) is 0.816. The predicted octanol–water partition coefficient (Wildman–Crippen LogP) is 3.26. The van der Waals surface area contributed by atoms with Crippen LogP contribution in [0.15, 0.2) is 39.8 Å². The second-order valence-corrected chi connectivity index (χ2v) is 7.91. The normalized spacial score (nSPS) is 31.3. The molecule has 1 atom stereocenters. The van der Waals surface area contributed by atoms with Gasteiger partial charge < -0.3 is 4.74 Å². The Hall–Kier alpha value is -1.66. The first-order valence-electron chi connectivity index (χ1n) is 8.49. The number of halogens is 1. The molecule has 1 aromatic heterocycles. The van der Waals surface area contributed by atoms with E-state index in [9.17, 15) is 0 Å². The van der Waals surface area contributed by atoms with E-state index in [1.165, 1.54) is 25.9 Å². The number of nitrogens with zero attached hydrogens (tertiary/aromatic N) is 3. The molecule has 6 heteroatoms. The lowest BCUT2D eigenvalue weighted by Crippen LogP contribution is -2.61. The van der Waals surface area contributed by atoms with Gasteiger partial charge in [-0.05, 0) is 50.2 Å². The summed E-state index contributed by atoms with van der Waals surface area (Å²) in [4.78, 5) is 11.8. The van der Waals surface area contributed by atoms with E-state index in [-0.39, 0.29) is 5.60 Å². The van der Waals surface area contributed by atoms with Crippen LogP contribution in [0, 0.1) is 5.92 Å². The highest BCUT2D eigenvalue weighted by atomic mass is 79.9. The molecule has 6 rings (SSSR count). The van der Waals surface area contributed by atoms with Gasteiger partial charge in [0.25, 0.3) is 6.02 Å². The van der Waals surface area contributed by atoms with Gasteiger partial charge in [-0.3, -0.25) is 10.2 Å². The van der Waals surface area contributed by atoms with Crippen molar-refractivity contribution in [2.24, 2.45) is 10.9 Å². The molecule has 0 radical (unpaired) electrons. The van der Waals surface area contributed by atoms with Crippen molar-refractivity contribution in [3.63, 3.8) is 0 Å². The standard InChI is InChI=1S/C18H19BrN4O/c19-14-3-1-12-2-4-16(21-15(12)9-14)22-17-20-10-18(24-17)11-23-7-5-13(18)6-8-23/h1-4,9,13H,5-8,10-11H2,(H,20,21,22)/t18-/m0/s1. The summed E-state index contributed by atoms with van der Waals surface area (Å²) in [5, 5.41) is 4.38. The highest BCUT2D eigenvalue weighted by Gasteiger charge is 2.51. The SMILES string of the molecule is Brc1ccc2ccc(NC3=NC[C@@]4(CN5CCC4CC5)O3)nc2c1. The van der Waals surface area contributed by atoms with Crippen LogP contribution in [-0.4, -0.2) is 47.7 Å². The van der Waals surface area contributed by atoms with Crippen LogP contribution in [0.3, 0.4) is 0 Å². The van der Waals surface area contributed by atoms with E-state index < -0.39 is 0 Å². The van der Waals surface area contributed by atoms with Crippen LogP contribution in [0.2, 0.25) is 0 Å². The Morgan fingerprint density at radius 3 is 2.83 bits per heavy atom. The van der Waals surface area contributed by atoms with E-state index >= 15 is 0 Å². The molecule has 1 spiro atoms. The first-order valence-corrected chi connectivity index (χ1v) is 9.29. The number of aliphatic imine (C=N–C) groups is 1. The Morgan fingerprint density at radius 1 is 1.21 bits per heavy atom. The van der Waals surface area contributed by atoms with Crippen molar-refractivity contribution in [2.75, 3.05) is 31.5 Å². The second-order valence-electron chi connectivity index (χ2n) is 7.00. The van der Waals surface area contributed by atoms with Gasteiger partial charge in [0.15, 0.2) is 0 Å². The summed E-state index contributed by atoms with van der Waals surface area (Å²) in [5.41, 5.74) is 0.837. The monoisotopic (exact) mass is 386 g/mol. The van der Waals surface area contributed by atoms with Crippen LogP contribution in [0.5, 0.6) is 0 Å². The van der Waals surface area contributed by atoms with E-state index in [4.69, 9.17) is 4.74 Å². The zero-order valence-corrected chi connectivity index (χ0v) is 14.9. The molecule has 5 heterocycles. The molecule has 4 aliphatic heterocycles. The summed E-state index contributed by atoms with van der Waals surface area (Å²) >= 11 is 3.50. The minimum atomic E-state index is -0.112. The molecule has 2 aromatic rings. The number of piperidine rings is 3. The van der Waals surface area contributed by atoms with Gasteiger partial charge in [0, 0.05) is 22.3 Å². The van der Waals surface area contributed by atoms with Crippen molar-refractivity contribution in [3.8, 4) is 0 Å². The number of hydrogen-bond donors (Lipinski definition) is 1. The van der Waals surface area contributed by atoms with Gasteiger partial charge in [0.2, 0.25) is 0 Å². The van der Waals surface area contributed by atoms with Gasteiger partial charge in [-0.1, -0.05) is 22.0 Å². The van der Waals surface area contributed by atoms with Gasteiger partial charge in [0.05, 0.1) is 12.1 Å². The maximum Gasteiger partial charge on any atom is 0.291 e. The fourth-order valence-electron chi connectivity index (χ4n) is 4.22. The average molecular weight is 387 g/mol. The highest BCUT2D eigenvalue weighted by Crippen LogP contribution is 2.40. The van der Waals surface area contributed by atoms with E-state index in [2.05, 4.69) is 48.3 Å². The van der Waals surface area contributed by atoms with Crippen LogP contribution in [0.1, 0.15) is 12.8 Å². The molecular weight excluding hydrogens is 368 g/mol. The number of rotatable bonds is 1. The topological polar surface area (TPSA) is 49.8 Å². The van der Waals surface area contributed by atoms with Crippen LogP contribution < -0.4 is 5.32 Å². The minimum absolute atomic E-state index is 0.112. The predicted molar refractivity (Wildman–Crippen MR) is 98.3 cm³/mol. The van der Waals surface area contributed by atoms with Gasteiger partial charge >= 0.3 is 0 Å². The van der Waals surface area contributed by atoms with Gasteiger partial charge in [-0.2, -0.15) is 0 Å². The summed E-state index contributed by atoms with van der Waals surface area (Å²) in [7, 11) is 0. The Bertz CT molecular complexity index is 831. The Kier molecular flexibility index (Phi) is 3.31. The number of ether oxygens (including phenoxy) is 1. The minimum Gasteiger partial charge on any atom is -0.455 e. The highest BCUT2D eigenvalue weighted by molar-refractivity contribution is 9.10. The third-order valence-corrected chi connectivity index (χ3v) is 6.00. The number of hydrogen-bond acceptors (Lipinski definition) is 5.